The van der Waals surface area contributed by atoms with Crippen LogP contribution in [-0.2, 0) is 21.7 Å². The average molecular weight is 340 g/mol. The van der Waals surface area contributed by atoms with E-state index in [1.54, 1.807) is 29.0 Å². The summed E-state index contributed by atoms with van der Waals surface area (Å²) in [6.45, 7) is 3.55. The highest BCUT2D eigenvalue weighted by Crippen LogP contribution is 2.29. The van der Waals surface area contributed by atoms with Crippen molar-refractivity contribution in [3.63, 3.8) is 0 Å². The Labute approximate surface area is 137 Å². The fraction of sp³-hybridized carbons (Fsp3) is 0.733. The average Bonchev–Trinajstić information content (AvgIpc) is 3.25. The van der Waals surface area contributed by atoms with Crippen molar-refractivity contribution < 1.29 is 13.2 Å². The second-order valence-corrected chi connectivity index (χ2v) is 8.69. The third kappa shape index (κ3) is 3.74. The summed E-state index contributed by atoms with van der Waals surface area (Å²) >= 11 is 0. The van der Waals surface area contributed by atoms with Gasteiger partial charge in [-0.25, -0.2) is 8.42 Å². The van der Waals surface area contributed by atoms with Crippen LogP contribution in [0.1, 0.15) is 31.4 Å². The van der Waals surface area contributed by atoms with Crippen molar-refractivity contribution in [3.8, 4) is 0 Å². The molecule has 2 heterocycles. The maximum Gasteiger partial charge on any atom is 0.237 e. The molecular weight excluding hydrogens is 316 g/mol. The molecular formula is C15H24N4O3S. The van der Waals surface area contributed by atoms with Crippen molar-refractivity contribution in [2.45, 2.75) is 31.8 Å². The fourth-order valence-electron chi connectivity index (χ4n) is 3.20. The molecule has 128 valence electrons. The number of likely N-dealkylation sites (N-methyl/N-ethyl adjacent to an activating group) is 1. The third-order valence-electron chi connectivity index (χ3n) is 4.67. The van der Waals surface area contributed by atoms with Crippen LogP contribution in [0, 0.1) is 0 Å². The Hall–Kier alpha value is -1.41. The largest absolute Gasteiger partial charge is 0.332 e. The molecule has 1 saturated heterocycles. The molecule has 1 aliphatic heterocycles. The van der Waals surface area contributed by atoms with Gasteiger partial charge in [0.15, 0.2) is 9.84 Å². The molecule has 1 aromatic heterocycles. The van der Waals surface area contributed by atoms with Gasteiger partial charge in [-0.15, -0.1) is 0 Å². The quantitative estimate of drug-likeness (QED) is 0.765. The summed E-state index contributed by atoms with van der Waals surface area (Å²) in [5.74, 6) is 0.0490. The van der Waals surface area contributed by atoms with E-state index in [2.05, 4.69) is 16.9 Å². The zero-order valence-electron chi connectivity index (χ0n) is 13.7. The molecule has 0 unspecified atom stereocenters. The lowest BCUT2D eigenvalue weighted by atomic mass is 10.1. The molecule has 1 saturated carbocycles. The summed E-state index contributed by atoms with van der Waals surface area (Å²) in [5, 5.41) is 4.12. The van der Waals surface area contributed by atoms with Crippen LogP contribution in [-0.4, -0.2) is 71.1 Å². The van der Waals surface area contributed by atoms with Crippen LogP contribution in [0.3, 0.4) is 0 Å². The lowest BCUT2D eigenvalue weighted by Crippen LogP contribution is -2.49. The monoisotopic (exact) mass is 340 g/mol. The van der Waals surface area contributed by atoms with Gasteiger partial charge in [-0.1, -0.05) is 6.92 Å². The van der Waals surface area contributed by atoms with Crippen molar-refractivity contribution >= 4 is 15.7 Å². The topological polar surface area (TPSA) is 75.5 Å². The van der Waals surface area contributed by atoms with E-state index in [4.69, 9.17) is 0 Å². The van der Waals surface area contributed by atoms with Gasteiger partial charge < -0.3 is 4.90 Å². The van der Waals surface area contributed by atoms with Crippen molar-refractivity contribution in [3.05, 3.63) is 18.0 Å². The smallest absolute Gasteiger partial charge is 0.237 e. The minimum absolute atomic E-state index is 0.0139. The minimum Gasteiger partial charge on any atom is -0.332 e. The molecule has 8 heteroatoms. The highest BCUT2D eigenvalue weighted by Gasteiger charge is 2.37. The summed E-state index contributed by atoms with van der Waals surface area (Å²) in [4.78, 5) is 16.7. The van der Waals surface area contributed by atoms with Crippen molar-refractivity contribution in [1.82, 2.24) is 19.6 Å². The summed E-state index contributed by atoms with van der Waals surface area (Å²) in [5.41, 5.74) is 0.790. The Morgan fingerprint density at radius 3 is 2.74 bits per heavy atom. The predicted octanol–water partition coefficient (Wildman–Crippen LogP) is 0.203. The lowest BCUT2D eigenvalue weighted by molar-refractivity contribution is -0.134. The molecule has 7 nitrogen and oxygen atoms in total. The number of aryl methyl sites for hydroxylation is 1. The van der Waals surface area contributed by atoms with Gasteiger partial charge in [-0.05, 0) is 19.4 Å². The lowest BCUT2D eigenvalue weighted by Gasteiger charge is -2.36. The van der Waals surface area contributed by atoms with Crippen LogP contribution in [0.5, 0.6) is 0 Å². The van der Waals surface area contributed by atoms with Gasteiger partial charge in [0.2, 0.25) is 5.91 Å². The van der Waals surface area contributed by atoms with Gasteiger partial charge in [0.05, 0.1) is 30.3 Å². The molecule has 0 aromatic carbocycles. The molecule has 1 aliphatic carbocycles. The molecule has 1 amide bonds. The third-order valence-corrected chi connectivity index (χ3v) is 6.30. The number of carbonyl (C=O) groups is 1. The van der Waals surface area contributed by atoms with Gasteiger partial charge in [-0.3, -0.25) is 14.4 Å². The van der Waals surface area contributed by atoms with E-state index in [0.717, 1.165) is 24.9 Å². The van der Waals surface area contributed by atoms with Crippen molar-refractivity contribution in [2.24, 2.45) is 7.05 Å². The van der Waals surface area contributed by atoms with E-state index in [9.17, 15) is 13.2 Å². The summed E-state index contributed by atoms with van der Waals surface area (Å²) in [6, 6.07) is 0.0992. The van der Waals surface area contributed by atoms with Crippen molar-refractivity contribution in [2.75, 3.05) is 31.1 Å². The standard InChI is InChI=1S/C15H24N4O3S/c1-3-18(13-4-5-13)10-15(20)19-6-7-23(21,22)11-14(19)12-8-16-17(2)9-12/h8-9,13-14H,3-7,10-11H2,1-2H3/t14-/m1/s1. The second kappa shape index (κ2) is 6.24. The Balaban J connectivity index is 1.78. The SMILES string of the molecule is CCN(CC(=O)N1CCS(=O)(=O)C[C@@H]1c1cnn(C)c1)C1CC1. The van der Waals surface area contributed by atoms with Crippen LogP contribution in [0.15, 0.2) is 12.4 Å². The van der Waals surface area contributed by atoms with E-state index < -0.39 is 15.9 Å². The molecule has 0 N–H and O–H groups in total. The number of carbonyl (C=O) groups excluding carboxylic acids is 1. The van der Waals surface area contributed by atoms with Gasteiger partial charge in [0.1, 0.15) is 0 Å². The summed E-state index contributed by atoms with van der Waals surface area (Å²) < 4.78 is 25.7. The summed E-state index contributed by atoms with van der Waals surface area (Å²) in [7, 11) is -1.33. The molecule has 0 radical (unpaired) electrons. The van der Waals surface area contributed by atoms with Gasteiger partial charge >= 0.3 is 0 Å². The van der Waals surface area contributed by atoms with Crippen LogP contribution in [0.4, 0.5) is 0 Å². The molecule has 1 aromatic rings. The predicted molar refractivity (Wildman–Crippen MR) is 86.6 cm³/mol. The van der Waals surface area contributed by atoms with E-state index >= 15 is 0 Å². The summed E-state index contributed by atoms with van der Waals surface area (Å²) in [6.07, 6.45) is 5.76. The molecule has 2 fully saturated rings. The Bertz CT molecular complexity index is 681. The first-order valence-electron chi connectivity index (χ1n) is 8.12. The fourth-order valence-corrected chi connectivity index (χ4v) is 4.69. The zero-order chi connectivity index (χ0) is 16.6. The first-order chi connectivity index (χ1) is 10.9. The number of hydrogen-bond donors (Lipinski definition) is 0. The van der Waals surface area contributed by atoms with Crippen LogP contribution >= 0.6 is 0 Å². The van der Waals surface area contributed by atoms with Crippen molar-refractivity contribution in [1.29, 1.82) is 0 Å². The number of sulfone groups is 1. The highest BCUT2D eigenvalue weighted by molar-refractivity contribution is 7.91. The van der Waals surface area contributed by atoms with E-state index in [1.165, 1.54) is 0 Å². The number of hydrogen-bond acceptors (Lipinski definition) is 5. The number of aromatic nitrogens is 2. The van der Waals surface area contributed by atoms with Crippen LogP contribution in [0.25, 0.3) is 0 Å². The van der Waals surface area contributed by atoms with Gasteiger partial charge in [0, 0.05) is 31.4 Å². The Morgan fingerprint density at radius 1 is 1.43 bits per heavy atom. The minimum atomic E-state index is -3.12. The van der Waals surface area contributed by atoms with E-state index in [0.29, 0.717) is 12.6 Å². The molecule has 2 aliphatic rings. The van der Waals surface area contributed by atoms with Gasteiger partial charge in [0.25, 0.3) is 0 Å². The van der Waals surface area contributed by atoms with E-state index in [-0.39, 0.29) is 24.0 Å². The first kappa shape index (κ1) is 16.4. The van der Waals surface area contributed by atoms with Crippen LogP contribution < -0.4 is 0 Å². The Kier molecular flexibility index (Phi) is 4.46. The molecule has 23 heavy (non-hydrogen) atoms. The number of amides is 1. The first-order valence-corrected chi connectivity index (χ1v) is 9.94. The number of nitrogens with zero attached hydrogens (tertiary/aromatic N) is 4. The Morgan fingerprint density at radius 2 is 2.17 bits per heavy atom. The van der Waals surface area contributed by atoms with Crippen LogP contribution in [0.2, 0.25) is 0 Å². The second-order valence-electron chi connectivity index (χ2n) is 6.46. The highest BCUT2D eigenvalue weighted by atomic mass is 32.2. The normalized spacial score (nSPS) is 24.1. The maximum atomic E-state index is 12.8. The molecule has 0 spiro atoms. The van der Waals surface area contributed by atoms with Gasteiger partial charge in [-0.2, -0.15) is 5.10 Å². The molecule has 0 bridgehead atoms. The number of rotatable bonds is 5. The zero-order valence-corrected chi connectivity index (χ0v) is 14.5. The molecule has 3 rings (SSSR count). The molecule has 1 atom stereocenters. The van der Waals surface area contributed by atoms with E-state index in [1.807, 2.05) is 0 Å². The maximum absolute atomic E-state index is 12.8.